The number of aromatic nitrogens is 4. The molecule has 1 unspecified atom stereocenters. The number of rotatable bonds is 12. The molecule has 4 rings (SSSR count). The summed E-state index contributed by atoms with van der Waals surface area (Å²) in [5, 5.41) is 6.29. The van der Waals surface area contributed by atoms with Crippen LogP contribution in [0.1, 0.15) is 6.42 Å². The van der Waals surface area contributed by atoms with Gasteiger partial charge in [-0.1, -0.05) is 35.6 Å². The van der Waals surface area contributed by atoms with Gasteiger partial charge >= 0.3 is 5.97 Å². The molecule has 0 saturated carbocycles. The van der Waals surface area contributed by atoms with Crippen molar-refractivity contribution in [3.8, 4) is 17.1 Å². The molecule has 12 heteroatoms. The summed E-state index contributed by atoms with van der Waals surface area (Å²) < 4.78 is 24.4. The highest BCUT2D eigenvalue weighted by Gasteiger charge is 2.23. The molecule has 1 aliphatic rings. The monoisotopic (exact) mass is 605 g/mol. The molecule has 3 heterocycles. The third kappa shape index (κ3) is 7.31. The highest BCUT2D eigenvalue weighted by Crippen LogP contribution is 2.32. The van der Waals surface area contributed by atoms with E-state index in [0.29, 0.717) is 44.1 Å². The molecule has 0 aliphatic carbocycles. The number of halogens is 1. The SMILES string of the molecule is COC(=O)C(CCBr)Oc1ccc2nn(COCC[Si](C)(C)C)c(-c3cc(N4CCOCC4)ncn3)c2c1. The van der Waals surface area contributed by atoms with Crippen molar-refractivity contribution < 1.29 is 23.7 Å². The topological polar surface area (TPSA) is 101 Å². The maximum atomic E-state index is 12.2. The zero-order valence-corrected chi connectivity index (χ0v) is 25.1. The maximum Gasteiger partial charge on any atom is 0.347 e. The van der Waals surface area contributed by atoms with Crippen LogP contribution in [-0.2, 0) is 25.7 Å². The van der Waals surface area contributed by atoms with E-state index in [4.69, 9.17) is 24.0 Å². The van der Waals surface area contributed by atoms with Crippen LogP contribution in [0.15, 0.2) is 30.6 Å². The van der Waals surface area contributed by atoms with E-state index in [0.717, 1.165) is 47.2 Å². The minimum Gasteiger partial charge on any atom is -0.479 e. The summed E-state index contributed by atoms with van der Waals surface area (Å²) in [6.07, 6.45) is 1.35. The molecule has 38 heavy (non-hydrogen) atoms. The highest BCUT2D eigenvalue weighted by molar-refractivity contribution is 9.09. The lowest BCUT2D eigenvalue weighted by Gasteiger charge is -2.27. The Morgan fingerprint density at radius 1 is 1.18 bits per heavy atom. The summed E-state index contributed by atoms with van der Waals surface area (Å²) in [4.78, 5) is 23.6. The molecule has 1 fully saturated rings. The quantitative estimate of drug-likeness (QED) is 0.129. The Balaban J connectivity index is 1.70. The molecule has 1 aliphatic heterocycles. The maximum absolute atomic E-state index is 12.2. The standard InChI is InChI=1S/C26H36BrN5O5Si/c1-34-26(33)23(7-8-27)37-19-5-6-21-20(15-19)25(32(30-21)18-36-13-14-38(2,3)4)22-16-24(29-17-28-22)31-9-11-35-12-10-31/h5-6,15-17,23H,7-14,18H2,1-4H3. The van der Waals surface area contributed by atoms with Crippen molar-refractivity contribution in [1.29, 1.82) is 0 Å². The van der Waals surface area contributed by atoms with Crippen molar-refractivity contribution in [2.75, 3.05) is 50.2 Å². The van der Waals surface area contributed by atoms with Crippen LogP contribution in [0.3, 0.4) is 0 Å². The first kappa shape index (κ1) is 28.5. The predicted molar refractivity (Wildman–Crippen MR) is 153 cm³/mol. The van der Waals surface area contributed by atoms with Gasteiger partial charge in [0.1, 0.15) is 24.6 Å². The Morgan fingerprint density at radius 3 is 2.68 bits per heavy atom. The molecule has 1 saturated heterocycles. The zero-order valence-electron chi connectivity index (χ0n) is 22.5. The van der Waals surface area contributed by atoms with Gasteiger partial charge in [0.05, 0.1) is 37.2 Å². The number of methoxy groups -OCH3 is 1. The molecule has 0 radical (unpaired) electrons. The van der Waals surface area contributed by atoms with Gasteiger partial charge in [0.15, 0.2) is 6.10 Å². The van der Waals surface area contributed by atoms with E-state index in [1.165, 1.54) is 7.11 Å². The molecule has 10 nitrogen and oxygen atoms in total. The molecule has 0 N–H and O–H groups in total. The number of anilines is 1. The molecular formula is C26H36BrN5O5Si. The molecule has 0 amide bonds. The largest absolute Gasteiger partial charge is 0.479 e. The van der Waals surface area contributed by atoms with Crippen LogP contribution in [0.25, 0.3) is 22.3 Å². The first-order valence-electron chi connectivity index (χ1n) is 12.8. The van der Waals surface area contributed by atoms with Gasteiger partial charge in [0.2, 0.25) is 0 Å². The second kappa shape index (κ2) is 13.0. The zero-order chi connectivity index (χ0) is 27.1. The molecule has 1 aromatic carbocycles. The van der Waals surface area contributed by atoms with E-state index >= 15 is 0 Å². The number of carbonyl (C=O) groups excluding carboxylic acids is 1. The van der Waals surface area contributed by atoms with Crippen LogP contribution in [0, 0.1) is 0 Å². The second-order valence-corrected chi connectivity index (χ2v) is 16.8. The van der Waals surface area contributed by atoms with E-state index in [2.05, 4.69) is 50.4 Å². The van der Waals surface area contributed by atoms with Gasteiger partial charge in [-0.05, 0) is 24.2 Å². The molecule has 1 atom stereocenters. The van der Waals surface area contributed by atoms with Gasteiger partial charge in [-0.2, -0.15) is 5.10 Å². The van der Waals surface area contributed by atoms with Crippen LogP contribution in [-0.4, -0.2) is 85.2 Å². The fraction of sp³-hybridized carbons (Fsp3) is 0.538. The number of hydrogen-bond donors (Lipinski definition) is 0. The Hall–Kier alpha value is -2.54. The van der Waals surface area contributed by atoms with Gasteiger partial charge in [0.25, 0.3) is 0 Å². The molecule has 3 aromatic rings. The van der Waals surface area contributed by atoms with Crippen molar-refractivity contribution in [2.45, 2.75) is 44.9 Å². The number of carbonyl (C=O) groups is 1. The number of esters is 1. The van der Waals surface area contributed by atoms with E-state index in [9.17, 15) is 4.79 Å². The average molecular weight is 607 g/mol. The summed E-state index contributed by atoms with van der Waals surface area (Å²) in [6, 6.07) is 8.66. The molecule has 0 bridgehead atoms. The highest BCUT2D eigenvalue weighted by atomic mass is 79.9. The fourth-order valence-corrected chi connectivity index (χ4v) is 5.31. The van der Waals surface area contributed by atoms with E-state index in [1.807, 2.05) is 28.9 Å². The Kier molecular flexibility index (Phi) is 9.74. The van der Waals surface area contributed by atoms with Crippen molar-refractivity contribution in [3.05, 3.63) is 30.6 Å². The Morgan fingerprint density at radius 2 is 1.97 bits per heavy atom. The van der Waals surface area contributed by atoms with Crippen molar-refractivity contribution in [3.63, 3.8) is 0 Å². The number of benzene rings is 1. The summed E-state index contributed by atoms with van der Waals surface area (Å²) >= 11 is 3.39. The number of ether oxygens (including phenoxy) is 4. The summed E-state index contributed by atoms with van der Waals surface area (Å²) in [5.74, 6) is 0.980. The lowest BCUT2D eigenvalue weighted by atomic mass is 10.1. The van der Waals surface area contributed by atoms with Crippen molar-refractivity contribution >= 4 is 46.7 Å². The van der Waals surface area contributed by atoms with Crippen LogP contribution in [0.5, 0.6) is 5.75 Å². The van der Waals surface area contributed by atoms with Crippen molar-refractivity contribution in [2.24, 2.45) is 0 Å². The first-order chi connectivity index (χ1) is 18.3. The number of nitrogens with zero attached hydrogens (tertiary/aromatic N) is 5. The summed E-state index contributed by atoms with van der Waals surface area (Å²) in [6.45, 7) is 10.9. The van der Waals surface area contributed by atoms with Crippen LogP contribution in [0.2, 0.25) is 25.7 Å². The molecule has 0 spiro atoms. The minimum atomic E-state index is -1.22. The second-order valence-electron chi connectivity index (χ2n) is 10.3. The van der Waals surface area contributed by atoms with Gasteiger partial charge in [-0.15, -0.1) is 0 Å². The first-order valence-corrected chi connectivity index (χ1v) is 17.7. The van der Waals surface area contributed by atoms with E-state index < -0.39 is 20.1 Å². The van der Waals surface area contributed by atoms with Gasteiger partial charge in [0, 0.05) is 51.0 Å². The third-order valence-corrected chi connectivity index (χ3v) is 8.43. The van der Waals surface area contributed by atoms with Crippen LogP contribution >= 0.6 is 15.9 Å². The van der Waals surface area contributed by atoms with E-state index in [1.54, 1.807) is 6.33 Å². The van der Waals surface area contributed by atoms with E-state index in [-0.39, 0.29) is 0 Å². The normalized spacial score (nSPS) is 15.0. The summed E-state index contributed by atoms with van der Waals surface area (Å²) in [5.41, 5.74) is 2.33. The Bertz CT molecular complexity index is 1230. The average Bonchev–Trinajstić information content (AvgIpc) is 3.28. The predicted octanol–water partition coefficient (Wildman–Crippen LogP) is 4.35. The third-order valence-electron chi connectivity index (χ3n) is 6.26. The lowest BCUT2D eigenvalue weighted by Crippen LogP contribution is -2.36. The summed E-state index contributed by atoms with van der Waals surface area (Å²) in [7, 11) is 0.140. The number of alkyl halides is 1. The molecule has 2 aromatic heterocycles. The lowest BCUT2D eigenvalue weighted by molar-refractivity contribution is -0.148. The van der Waals surface area contributed by atoms with Crippen LogP contribution in [0.4, 0.5) is 5.82 Å². The molecule has 206 valence electrons. The molecular weight excluding hydrogens is 570 g/mol. The number of hydrogen-bond acceptors (Lipinski definition) is 9. The fourth-order valence-electron chi connectivity index (χ4n) is 4.14. The number of morpholine rings is 1. The van der Waals surface area contributed by atoms with Crippen LogP contribution < -0.4 is 9.64 Å². The van der Waals surface area contributed by atoms with Gasteiger partial charge in [-0.25, -0.2) is 19.4 Å². The number of fused-ring (bicyclic) bond motifs is 1. The van der Waals surface area contributed by atoms with Gasteiger partial charge < -0.3 is 23.8 Å². The van der Waals surface area contributed by atoms with Gasteiger partial charge in [-0.3, -0.25) is 0 Å². The minimum absolute atomic E-state index is 0.302. The van der Waals surface area contributed by atoms with Crippen molar-refractivity contribution in [1.82, 2.24) is 19.7 Å². The Labute approximate surface area is 232 Å². The smallest absolute Gasteiger partial charge is 0.347 e.